The lowest BCUT2D eigenvalue weighted by molar-refractivity contribution is 0.0409. The molecule has 19 heavy (non-hydrogen) atoms. The summed E-state index contributed by atoms with van der Waals surface area (Å²) >= 11 is 0. The first-order valence-corrected chi connectivity index (χ1v) is 7.35. The summed E-state index contributed by atoms with van der Waals surface area (Å²) in [4.78, 5) is 0. The number of hydrogen-bond acceptors (Lipinski definition) is 3. The van der Waals surface area contributed by atoms with Crippen molar-refractivity contribution in [2.45, 2.75) is 50.9 Å². The second kappa shape index (κ2) is 5.51. The van der Waals surface area contributed by atoms with E-state index < -0.39 is 6.10 Å². The summed E-state index contributed by atoms with van der Waals surface area (Å²) in [6, 6.07) is 7.84. The van der Waals surface area contributed by atoms with Gasteiger partial charge in [0.15, 0.2) is 0 Å². The van der Waals surface area contributed by atoms with Crippen molar-refractivity contribution in [2.24, 2.45) is 5.92 Å². The number of benzene rings is 1. The van der Waals surface area contributed by atoms with Gasteiger partial charge in [-0.25, -0.2) is 0 Å². The van der Waals surface area contributed by atoms with Crippen LogP contribution < -0.4 is 4.74 Å². The van der Waals surface area contributed by atoms with E-state index in [-0.39, 0.29) is 12.0 Å². The predicted molar refractivity (Wildman–Crippen MR) is 73.2 cm³/mol. The Hall–Kier alpha value is -1.06. The van der Waals surface area contributed by atoms with E-state index in [1.165, 1.54) is 0 Å². The van der Waals surface area contributed by atoms with Crippen LogP contribution >= 0.6 is 0 Å². The first-order valence-electron chi connectivity index (χ1n) is 7.35. The van der Waals surface area contributed by atoms with Crippen molar-refractivity contribution in [3.8, 4) is 5.75 Å². The normalized spacial score (nSPS) is 30.5. The molecule has 2 fully saturated rings. The van der Waals surface area contributed by atoms with Gasteiger partial charge in [0.2, 0.25) is 0 Å². The quantitative estimate of drug-likeness (QED) is 0.886. The monoisotopic (exact) mass is 262 g/mol. The Balaban J connectivity index is 1.77. The molecule has 2 bridgehead atoms. The van der Waals surface area contributed by atoms with Crippen LogP contribution in [0.2, 0.25) is 0 Å². The predicted octanol–water partition coefficient (Wildman–Crippen LogP) is 3.08. The van der Waals surface area contributed by atoms with E-state index in [2.05, 4.69) is 6.92 Å². The summed E-state index contributed by atoms with van der Waals surface area (Å²) in [5.41, 5.74) is 0.914. The molecule has 0 saturated carbocycles. The molecule has 104 valence electrons. The standard InChI is InChI=1S/C16H22O3/c1-2-9-18-14-6-4-3-5-12(14)16(17)13-10-11-7-8-15(13)19-11/h3-6,11,13,15-17H,2,7-10H2,1H3. The van der Waals surface area contributed by atoms with Crippen molar-refractivity contribution in [3.05, 3.63) is 29.8 Å². The Bertz CT molecular complexity index is 432. The van der Waals surface area contributed by atoms with Gasteiger partial charge in [0.05, 0.1) is 24.9 Å². The van der Waals surface area contributed by atoms with Crippen LogP contribution in [0.3, 0.4) is 0 Å². The number of para-hydroxylation sites is 1. The van der Waals surface area contributed by atoms with Gasteiger partial charge in [0.25, 0.3) is 0 Å². The molecule has 2 aliphatic heterocycles. The van der Waals surface area contributed by atoms with E-state index in [9.17, 15) is 5.11 Å². The lowest BCUT2D eigenvalue weighted by Gasteiger charge is -2.26. The van der Waals surface area contributed by atoms with E-state index >= 15 is 0 Å². The van der Waals surface area contributed by atoms with Crippen molar-refractivity contribution in [3.63, 3.8) is 0 Å². The second-order valence-corrected chi connectivity index (χ2v) is 5.60. The fourth-order valence-electron chi connectivity index (χ4n) is 3.31. The summed E-state index contributed by atoms with van der Waals surface area (Å²) in [6.07, 6.45) is 4.33. The van der Waals surface area contributed by atoms with Crippen molar-refractivity contribution >= 4 is 0 Å². The number of hydrogen-bond donors (Lipinski definition) is 1. The minimum atomic E-state index is -0.469. The van der Waals surface area contributed by atoms with Gasteiger partial charge in [-0.1, -0.05) is 25.1 Å². The van der Waals surface area contributed by atoms with E-state index in [0.717, 1.165) is 37.0 Å². The number of rotatable bonds is 5. The number of fused-ring (bicyclic) bond motifs is 2. The lowest BCUT2D eigenvalue weighted by atomic mass is 9.82. The summed E-state index contributed by atoms with van der Waals surface area (Å²) in [5, 5.41) is 10.7. The van der Waals surface area contributed by atoms with Gasteiger partial charge < -0.3 is 14.6 Å². The number of ether oxygens (including phenoxy) is 2. The molecule has 1 N–H and O–H groups in total. The summed E-state index contributed by atoms with van der Waals surface area (Å²) in [7, 11) is 0. The molecule has 0 spiro atoms. The topological polar surface area (TPSA) is 38.7 Å². The molecule has 1 aromatic rings. The van der Waals surface area contributed by atoms with Crippen molar-refractivity contribution < 1.29 is 14.6 Å². The summed E-state index contributed by atoms with van der Waals surface area (Å²) < 4.78 is 11.6. The molecule has 4 atom stereocenters. The molecule has 0 aromatic heterocycles. The molecule has 4 unspecified atom stereocenters. The first kappa shape index (κ1) is 12.9. The largest absolute Gasteiger partial charge is 0.493 e. The van der Waals surface area contributed by atoms with Gasteiger partial charge in [-0.15, -0.1) is 0 Å². The van der Waals surface area contributed by atoms with Gasteiger partial charge in [-0.2, -0.15) is 0 Å². The van der Waals surface area contributed by atoms with Crippen molar-refractivity contribution in [1.82, 2.24) is 0 Å². The summed E-state index contributed by atoms with van der Waals surface area (Å²) in [5.74, 6) is 1.05. The van der Waals surface area contributed by atoms with Gasteiger partial charge >= 0.3 is 0 Å². The van der Waals surface area contributed by atoms with Crippen LogP contribution in [-0.4, -0.2) is 23.9 Å². The maximum atomic E-state index is 10.7. The SMILES string of the molecule is CCCOc1ccccc1C(O)C1CC2CCC1O2. The molecule has 2 saturated heterocycles. The average molecular weight is 262 g/mol. The van der Waals surface area contributed by atoms with Crippen LogP contribution in [0.1, 0.15) is 44.3 Å². The first-order chi connectivity index (χ1) is 9.29. The average Bonchev–Trinajstić information content (AvgIpc) is 3.07. The Morgan fingerprint density at radius 2 is 2.21 bits per heavy atom. The minimum absolute atomic E-state index is 0.227. The molecule has 0 radical (unpaired) electrons. The Morgan fingerprint density at radius 1 is 1.37 bits per heavy atom. The zero-order valence-electron chi connectivity index (χ0n) is 11.4. The molecule has 3 heteroatoms. The van der Waals surface area contributed by atoms with Crippen LogP contribution in [0.25, 0.3) is 0 Å². The highest BCUT2D eigenvalue weighted by Crippen LogP contribution is 2.46. The van der Waals surface area contributed by atoms with Gasteiger partial charge in [-0.3, -0.25) is 0 Å². The smallest absolute Gasteiger partial charge is 0.125 e. The van der Waals surface area contributed by atoms with Crippen LogP contribution in [0, 0.1) is 5.92 Å². The molecule has 0 aliphatic carbocycles. The maximum Gasteiger partial charge on any atom is 0.125 e. The third-order valence-electron chi connectivity index (χ3n) is 4.26. The molecule has 2 heterocycles. The number of aliphatic hydroxyl groups excluding tert-OH is 1. The third kappa shape index (κ3) is 2.49. The Labute approximate surface area is 114 Å². The van der Waals surface area contributed by atoms with Crippen molar-refractivity contribution in [2.75, 3.05) is 6.61 Å². The third-order valence-corrected chi connectivity index (χ3v) is 4.26. The fourth-order valence-corrected chi connectivity index (χ4v) is 3.31. The minimum Gasteiger partial charge on any atom is -0.493 e. The zero-order valence-corrected chi connectivity index (χ0v) is 11.4. The van der Waals surface area contributed by atoms with Crippen LogP contribution in [0.15, 0.2) is 24.3 Å². The number of aliphatic hydroxyl groups is 1. The molecular formula is C16H22O3. The highest BCUT2D eigenvalue weighted by atomic mass is 16.5. The fraction of sp³-hybridized carbons (Fsp3) is 0.625. The maximum absolute atomic E-state index is 10.7. The van der Waals surface area contributed by atoms with E-state index in [1.807, 2.05) is 24.3 Å². The van der Waals surface area contributed by atoms with Crippen LogP contribution in [-0.2, 0) is 4.74 Å². The van der Waals surface area contributed by atoms with E-state index in [4.69, 9.17) is 9.47 Å². The molecular weight excluding hydrogens is 240 g/mol. The van der Waals surface area contributed by atoms with Gasteiger partial charge in [0, 0.05) is 11.5 Å². The lowest BCUT2D eigenvalue weighted by Crippen LogP contribution is -2.24. The Morgan fingerprint density at radius 3 is 2.89 bits per heavy atom. The van der Waals surface area contributed by atoms with Gasteiger partial charge in [-0.05, 0) is 31.7 Å². The van der Waals surface area contributed by atoms with E-state index in [1.54, 1.807) is 0 Å². The van der Waals surface area contributed by atoms with Gasteiger partial charge in [0.1, 0.15) is 5.75 Å². The van der Waals surface area contributed by atoms with Crippen molar-refractivity contribution in [1.29, 1.82) is 0 Å². The molecule has 2 aliphatic rings. The summed E-state index contributed by atoms with van der Waals surface area (Å²) in [6.45, 7) is 2.78. The highest BCUT2D eigenvalue weighted by Gasteiger charge is 2.44. The molecule has 3 rings (SSSR count). The molecule has 3 nitrogen and oxygen atoms in total. The molecule has 0 amide bonds. The zero-order chi connectivity index (χ0) is 13.2. The molecule has 1 aromatic carbocycles. The van der Waals surface area contributed by atoms with Crippen LogP contribution in [0.5, 0.6) is 5.75 Å². The Kier molecular flexibility index (Phi) is 3.76. The van der Waals surface area contributed by atoms with E-state index in [0.29, 0.717) is 12.7 Å². The second-order valence-electron chi connectivity index (χ2n) is 5.60. The van der Waals surface area contributed by atoms with Crippen LogP contribution in [0.4, 0.5) is 0 Å². The highest BCUT2D eigenvalue weighted by molar-refractivity contribution is 5.35.